The molecule has 2 rings (SSSR count). The molecular weight excluding hydrogens is 285 g/mol. The summed E-state index contributed by atoms with van der Waals surface area (Å²) in [7, 11) is 0. The van der Waals surface area contributed by atoms with E-state index in [4.69, 9.17) is 0 Å². The second-order valence-corrected chi connectivity index (χ2v) is 6.19. The molecule has 5 heteroatoms. The SMILES string of the molecule is O=C(CC(O)c1cccc(F)c1)NCC1(O)CCCCCC1. The minimum Gasteiger partial charge on any atom is -0.388 e. The predicted octanol–water partition coefficient (Wildman–Crippen LogP) is 2.45. The second kappa shape index (κ2) is 7.70. The molecule has 1 atom stereocenters. The quantitative estimate of drug-likeness (QED) is 0.732. The van der Waals surface area contributed by atoms with Gasteiger partial charge in [-0.2, -0.15) is 0 Å². The number of aliphatic hydroxyl groups is 2. The van der Waals surface area contributed by atoms with Crippen LogP contribution in [0.5, 0.6) is 0 Å². The van der Waals surface area contributed by atoms with Gasteiger partial charge in [-0.1, -0.05) is 37.8 Å². The number of carbonyl (C=O) groups excluding carboxylic acids is 1. The second-order valence-electron chi connectivity index (χ2n) is 6.19. The highest BCUT2D eigenvalue weighted by atomic mass is 19.1. The lowest BCUT2D eigenvalue weighted by molar-refractivity contribution is -0.124. The maximum atomic E-state index is 13.1. The number of nitrogens with one attached hydrogen (secondary N) is 1. The van der Waals surface area contributed by atoms with Crippen LogP contribution >= 0.6 is 0 Å². The van der Waals surface area contributed by atoms with Crippen molar-refractivity contribution >= 4 is 5.91 Å². The van der Waals surface area contributed by atoms with E-state index in [1.165, 1.54) is 18.2 Å². The van der Waals surface area contributed by atoms with Crippen LogP contribution in [0.4, 0.5) is 4.39 Å². The Balaban J connectivity index is 1.82. The normalized spacial score (nSPS) is 19.2. The maximum absolute atomic E-state index is 13.1. The lowest BCUT2D eigenvalue weighted by atomic mass is 9.94. The van der Waals surface area contributed by atoms with Gasteiger partial charge in [-0.3, -0.25) is 4.79 Å². The first kappa shape index (κ1) is 16.9. The fourth-order valence-corrected chi connectivity index (χ4v) is 2.91. The van der Waals surface area contributed by atoms with Crippen LogP contribution in [0.1, 0.15) is 56.6 Å². The molecule has 0 spiro atoms. The lowest BCUT2D eigenvalue weighted by Gasteiger charge is -2.27. The molecule has 3 N–H and O–H groups in total. The van der Waals surface area contributed by atoms with Crippen molar-refractivity contribution in [3.63, 3.8) is 0 Å². The van der Waals surface area contributed by atoms with Crippen molar-refractivity contribution in [3.05, 3.63) is 35.6 Å². The third-order valence-corrected chi connectivity index (χ3v) is 4.26. The summed E-state index contributed by atoms with van der Waals surface area (Å²) >= 11 is 0. The van der Waals surface area contributed by atoms with E-state index in [9.17, 15) is 19.4 Å². The van der Waals surface area contributed by atoms with Crippen LogP contribution in [0.2, 0.25) is 0 Å². The molecule has 122 valence electrons. The Morgan fingerprint density at radius 1 is 1.27 bits per heavy atom. The van der Waals surface area contributed by atoms with Gasteiger partial charge in [0, 0.05) is 6.54 Å². The largest absolute Gasteiger partial charge is 0.388 e. The van der Waals surface area contributed by atoms with Gasteiger partial charge in [-0.25, -0.2) is 4.39 Å². The van der Waals surface area contributed by atoms with Crippen molar-refractivity contribution in [1.82, 2.24) is 5.32 Å². The summed E-state index contributed by atoms with van der Waals surface area (Å²) in [5.74, 6) is -0.779. The van der Waals surface area contributed by atoms with Gasteiger partial charge in [-0.05, 0) is 30.5 Å². The van der Waals surface area contributed by atoms with E-state index in [1.807, 2.05) is 0 Å². The van der Waals surface area contributed by atoms with Crippen molar-refractivity contribution in [3.8, 4) is 0 Å². The lowest BCUT2D eigenvalue weighted by Crippen LogP contribution is -2.42. The Bertz CT molecular complexity index is 498. The Labute approximate surface area is 130 Å². The van der Waals surface area contributed by atoms with E-state index in [-0.39, 0.29) is 18.9 Å². The van der Waals surface area contributed by atoms with Crippen molar-refractivity contribution < 1.29 is 19.4 Å². The van der Waals surface area contributed by atoms with Crippen molar-refractivity contribution in [1.29, 1.82) is 0 Å². The smallest absolute Gasteiger partial charge is 0.223 e. The van der Waals surface area contributed by atoms with Crippen LogP contribution < -0.4 is 5.32 Å². The minimum atomic E-state index is -1.04. The predicted molar refractivity (Wildman–Crippen MR) is 81.6 cm³/mol. The molecule has 0 aromatic heterocycles. The summed E-state index contributed by atoms with van der Waals surface area (Å²) in [5.41, 5.74) is -0.459. The molecule has 1 fully saturated rings. The average molecular weight is 309 g/mol. The summed E-state index contributed by atoms with van der Waals surface area (Å²) in [4.78, 5) is 11.9. The molecule has 0 radical (unpaired) electrons. The first-order valence-corrected chi connectivity index (χ1v) is 7.91. The molecule has 1 unspecified atom stereocenters. The highest BCUT2D eigenvalue weighted by molar-refractivity contribution is 5.76. The third-order valence-electron chi connectivity index (χ3n) is 4.26. The van der Waals surface area contributed by atoms with Crippen molar-refractivity contribution in [2.45, 2.75) is 56.7 Å². The van der Waals surface area contributed by atoms with Crippen LogP contribution in [0.25, 0.3) is 0 Å². The fourth-order valence-electron chi connectivity index (χ4n) is 2.91. The molecule has 0 saturated heterocycles. The van der Waals surface area contributed by atoms with Crippen molar-refractivity contribution in [2.24, 2.45) is 0 Å². The number of carbonyl (C=O) groups is 1. The number of rotatable bonds is 5. The number of hydrogen-bond acceptors (Lipinski definition) is 3. The van der Waals surface area contributed by atoms with Crippen LogP contribution in [0, 0.1) is 5.82 Å². The van der Waals surface area contributed by atoms with Crippen LogP contribution in [0.3, 0.4) is 0 Å². The van der Waals surface area contributed by atoms with Gasteiger partial charge in [0.05, 0.1) is 18.1 Å². The number of hydrogen-bond donors (Lipinski definition) is 3. The standard InChI is InChI=1S/C17H24FNO3/c18-14-7-5-6-13(10-14)15(20)11-16(21)19-12-17(22)8-3-1-2-4-9-17/h5-7,10,15,20,22H,1-4,8-9,11-12H2,(H,19,21). The molecule has 0 bridgehead atoms. The Morgan fingerprint density at radius 2 is 1.95 bits per heavy atom. The van der Waals surface area contributed by atoms with Crippen molar-refractivity contribution in [2.75, 3.05) is 6.54 Å². The molecule has 1 aromatic carbocycles. The molecule has 1 amide bonds. The maximum Gasteiger partial charge on any atom is 0.223 e. The number of benzene rings is 1. The van der Waals surface area contributed by atoms with Gasteiger partial charge in [0.1, 0.15) is 5.82 Å². The first-order valence-electron chi connectivity index (χ1n) is 7.91. The summed E-state index contributed by atoms with van der Waals surface area (Å²) in [6.07, 6.45) is 4.39. The van der Waals surface area contributed by atoms with E-state index in [2.05, 4.69) is 5.32 Å². The molecule has 22 heavy (non-hydrogen) atoms. The topological polar surface area (TPSA) is 69.6 Å². The van der Waals surface area contributed by atoms with Crippen LogP contribution in [-0.4, -0.2) is 28.3 Å². The Hall–Kier alpha value is -1.46. The van der Waals surface area contributed by atoms with E-state index in [0.717, 1.165) is 25.7 Å². The first-order chi connectivity index (χ1) is 10.5. The molecule has 1 aromatic rings. The molecule has 1 aliphatic rings. The molecule has 1 saturated carbocycles. The molecule has 4 nitrogen and oxygen atoms in total. The average Bonchev–Trinajstić information content (AvgIpc) is 2.70. The number of amides is 1. The zero-order chi connectivity index (χ0) is 16.0. The minimum absolute atomic E-state index is 0.139. The van der Waals surface area contributed by atoms with E-state index >= 15 is 0 Å². The summed E-state index contributed by atoms with van der Waals surface area (Å²) in [5, 5.41) is 23.1. The van der Waals surface area contributed by atoms with Gasteiger partial charge in [0.15, 0.2) is 0 Å². The highest BCUT2D eigenvalue weighted by Crippen LogP contribution is 2.26. The summed E-state index contributed by atoms with van der Waals surface area (Å²) in [6.45, 7) is 0.210. The van der Waals surface area contributed by atoms with Gasteiger partial charge in [0.2, 0.25) is 5.91 Å². The van der Waals surface area contributed by atoms with Crippen LogP contribution in [-0.2, 0) is 4.79 Å². The van der Waals surface area contributed by atoms with Gasteiger partial charge >= 0.3 is 0 Å². The number of halogens is 1. The third kappa shape index (κ3) is 5.07. The fraction of sp³-hybridized carbons (Fsp3) is 0.588. The zero-order valence-electron chi connectivity index (χ0n) is 12.7. The molecule has 0 aliphatic heterocycles. The van der Waals surface area contributed by atoms with E-state index in [0.29, 0.717) is 18.4 Å². The van der Waals surface area contributed by atoms with Gasteiger partial charge < -0.3 is 15.5 Å². The highest BCUT2D eigenvalue weighted by Gasteiger charge is 2.28. The Morgan fingerprint density at radius 3 is 2.59 bits per heavy atom. The summed E-state index contributed by atoms with van der Waals surface area (Å²) in [6, 6.07) is 5.59. The van der Waals surface area contributed by atoms with Gasteiger partial charge in [-0.15, -0.1) is 0 Å². The molecule has 0 heterocycles. The monoisotopic (exact) mass is 309 g/mol. The van der Waals surface area contributed by atoms with E-state index < -0.39 is 17.5 Å². The number of aliphatic hydroxyl groups excluding tert-OH is 1. The zero-order valence-corrected chi connectivity index (χ0v) is 12.7. The Kier molecular flexibility index (Phi) is 5.91. The molecule has 1 aliphatic carbocycles. The van der Waals surface area contributed by atoms with Gasteiger partial charge in [0.25, 0.3) is 0 Å². The van der Waals surface area contributed by atoms with E-state index in [1.54, 1.807) is 6.07 Å². The summed E-state index contributed by atoms with van der Waals surface area (Å²) < 4.78 is 13.1. The van der Waals surface area contributed by atoms with Crippen LogP contribution in [0.15, 0.2) is 24.3 Å². The molecular formula is C17H24FNO3.